The number of carbonyl (C=O) groups is 5. The maximum atomic E-state index is 12.5. The summed E-state index contributed by atoms with van der Waals surface area (Å²) in [5, 5.41) is 12.4. The molecule has 0 bridgehead atoms. The van der Waals surface area contributed by atoms with E-state index in [1.54, 1.807) is 0 Å². The van der Waals surface area contributed by atoms with Crippen LogP contribution in [0.15, 0.2) is 0 Å². The number of urea groups is 1. The van der Waals surface area contributed by atoms with E-state index >= 15 is 0 Å². The van der Waals surface area contributed by atoms with E-state index in [-0.39, 0.29) is 47.7 Å². The third-order valence-electron chi connectivity index (χ3n) is 8.12. The van der Waals surface area contributed by atoms with Crippen LogP contribution in [0.2, 0.25) is 0 Å². The minimum Gasteiger partial charge on any atom is -0.356 e. The molecule has 0 aromatic heterocycles. The van der Waals surface area contributed by atoms with Crippen molar-refractivity contribution >= 4 is 41.4 Å². The molecular formula is C26H41N5O5S. The third-order valence-corrected chi connectivity index (χ3v) is 9.63. The van der Waals surface area contributed by atoms with E-state index in [9.17, 15) is 24.0 Å². The molecule has 11 heteroatoms. The topological polar surface area (TPSA) is 137 Å². The molecule has 0 spiro atoms. The lowest BCUT2D eigenvalue weighted by Crippen LogP contribution is -2.38. The molecule has 206 valence electrons. The number of hydrogen-bond donors (Lipinski definition) is 4. The molecule has 37 heavy (non-hydrogen) atoms. The zero-order valence-corrected chi connectivity index (χ0v) is 22.4. The summed E-state index contributed by atoms with van der Waals surface area (Å²) in [5.41, 5.74) is 0. The van der Waals surface area contributed by atoms with Gasteiger partial charge >= 0.3 is 6.03 Å². The second kappa shape index (κ2) is 13.5. The molecule has 1 saturated carbocycles. The molecule has 1 aliphatic carbocycles. The van der Waals surface area contributed by atoms with Crippen LogP contribution in [0.25, 0.3) is 0 Å². The van der Waals surface area contributed by atoms with E-state index in [0.717, 1.165) is 63.5 Å². The van der Waals surface area contributed by atoms with Crippen LogP contribution >= 0.6 is 11.8 Å². The van der Waals surface area contributed by atoms with Gasteiger partial charge in [-0.1, -0.05) is 6.42 Å². The van der Waals surface area contributed by atoms with Crippen LogP contribution < -0.4 is 21.3 Å². The number of fused-ring (bicyclic) bond motifs is 1. The van der Waals surface area contributed by atoms with Crippen LogP contribution in [0.3, 0.4) is 0 Å². The quantitative estimate of drug-likeness (QED) is 0.161. The molecule has 4 rings (SSSR count). The lowest BCUT2D eigenvalue weighted by atomic mass is 9.81. The Bertz CT molecular complexity index is 846. The van der Waals surface area contributed by atoms with Crippen LogP contribution in [-0.2, 0) is 19.2 Å². The van der Waals surface area contributed by atoms with E-state index in [4.69, 9.17) is 0 Å². The molecule has 3 aliphatic heterocycles. The number of thioether (sulfide) groups is 1. The number of rotatable bonds is 13. The van der Waals surface area contributed by atoms with Crippen LogP contribution in [0.5, 0.6) is 0 Å². The number of unbranched alkanes of at least 4 members (excludes halogenated alkanes) is 2. The van der Waals surface area contributed by atoms with E-state index in [2.05, 4.69) is 21.3 Å². The highest BCUT2D eigenvalue weighted by atomic mass is 32.2. The molecule has 0 aromatic rings. The van der Waals surface area contributed by atoms with E-state index in [1.165, 1.54) is 4.90 Å². The maximum absolute atomic E-state index is 12.5. The molecule has 3 saturated heterocycles. The first-order chi connectivity index (χ1) is 17.9. The SMILES string of the molecule is O=C(CCCCC1SCC2NC(=O)NC21)NCCCCNC(=O)C1CCC(CN2C(=O)CCC2=O)CC1. The fraction of sp³-hybridized carbons (Fsp3) is 0.808. The van der Waals surface area contributed by atoms with E-state index in [0.29, 0.717) is 50.1 Å². The molecule has 0 radical (unpaired) electrons. The molecule has 3 heterocycles. The Morgan fingerprint density at radius 1 is 0.892 bits per heavy atom. The molecular weight excluding hydrogens is 494 g/mol. The van der Waals surface area contributed by atoms with Crippen molar-refractivity contribution in [2.24, 2.45) is 11.8 Å². The van der Waals surface area contributed by atoms with Gasteiger partial charge in [-0.2, -0.15) is 11.8 Å². The van der Waals surface area contributed by atoms with Crippen LogP contribution in [0, 0.1) is 11.8 Å². The van der Waals surface area contributed by atoms with Crippen molar-refractivity contribution in [3.05, 3.63) is 0 Å². The Morgan fingerprint density at radius 2 is 1.59 bits per heavy atom. The molecule has 0 aromatic carbocycles. The van der Waals surface area contributed by atoms with Gasteiger partial charge in [-0.05, 0) is 57.3 Å². The number of hydrogen-bond acceptors (Lipinski definition) is 6. The third kappa shape index (κ3) is 7.85. The summed E-state index contributed by atoms with van der Waals surface area (Å²) in [6.45, 7) is 1.74. The minimum absolute atomic E-state index is 0.00986. The Morgan fingerprint density at radius 3 is 2.32 bits per heavy atom. The molecule has 4 aliphatic rings. The summed E-state index contributed by atoms with van der Waals surface area (Å²) < 4.78 is 0. The van der Waals surface area contributed by atoms with E-state index in [1.807, 2.05) is 11.8 Å². The molecule has 3 unspecified atom stereocenters. The fourth-order valence-corrected chi connectivity index (χ4v) is 7.43. The first-order valence-electron chi connectivity index (χ1n) is 14.0. The molecule has 3 atom stereocenters. The largest absolute Gasteiger partial charge is 0.356 e. The van der Waals surface area contributed by atoms with Crippen LogP contribution in [0.4, 0.5) is 4.79 Å². The Balaban J connectivity index is 0.969. The fourth-order valence-electron chi connectivity index (χ4n) is 5.89. The summed E-state index contributed by atoms with van der Waals surface area (Å²) in [7, 11) is 0. The first-order valence-corrected chi connectivity index (χ1v) is 15.0. The zero-order valence-electron chi connectivity index (χ0n) is 21.6. The Kier molecular flexibility index (Phi) is 10.1. The van der Waals surface area contributed by atoms with Gasteiger partial charge in [0.1, 0.15) is 0 Å². The Hall–Kier alpha value is -2.30. The highest BCUT2D eigenvalue weighted by Crippen LogP contribution is 2.33. The second-order valence-corrected chi connectivity index (χ2v) is 12.1. The Labute approximate surface area is 223 Å². The highest BCUT2D eigenvalue weighted by Gasteiger charge is 2.42. The van der Waals surface area contributed by atoms with Gasteiger partial charge in [0.15, 0.2) is 0 Å². The van der Waals surface area contributed by atoms with Crippen LogP contribution in [0.1, 0.15) is 77.0 Å². The number of nitrogens with zero attached hydrogens (tertiary/aromatic N) is 1. The predicted octanol–water partition coefficient (Wildman–Crippen LogP) is 1.68. The van der Waals surface area contributed by atoms with Crippen molar-refractivity contribution in [1.29, 1.82) is 0 Å². The summed E-state index contributed by atoms with van der Waals surface area (Å²) in [6.07, 6.45) is 9.03. The zero-order chi connectivity index (χ0) is 26.2. The minimum atomic E-state index is -0.0611. The average Bonchev–Trinajstić information content (AvgIpc) is 3.54. The monoisotopic (exact) mass is 535 g/mol. The number of nitrogens with one attached hydrogen (secondary N) is 4. The van der Waals surface area contributed by atoms with Gasteiger partial charge in [0.25, 0.3) is 0 Å². The van der Waals surface area contributed by atoms with Crippen LogP contribution in [-0.4, -0.2) is 77.3 Å². The first kappa shape index (κ1) is 27.7. The lowest BCUT2D eigenvalue weighted by molar-refractivity contribution is -0.139. The van der Waals surface area contributed by atoms with Crippen molar-refractivity contribution in [2.75, 3.05) is 25.4 Å². The van der Waals surface area contributed by atoms with E-state index < -0.39 is 0 Å². The number of amides is 6. The lowest BCUT2D eigenvalue weighted by Gasteiger charge is -2.30. The van der Waals surface area contributed by atoms with Crippen molar-refractivity contribution in [3.8, 4) is 0 Å². The van der Waals surface area contributed by atoms with Gasteiger partial charge in [0.05, 0.1) is 12.1 Å². The number of imide groups is 1. The standard InChI is InChI=1S/C26H41N5O5S/c32-21(6-2-1-5-20-24-19(16-37-20)29-26(36)30-24)27-13-3-4-14-28-25(35)18-9-7-17(8-10-18)15-31-22(33)11-12-23(31)34/h17-20,24H,1-16H2,(H,27,32)(H,28,35)(H2,29,30,36). The number of likely N-dealkylation sites (tertiary alicyclic amines) is 1. The predicted molar refractivity (Wildman–Crippen MR) is 141 cm³/mol. The molecule has 10 nitrogen and oxygen atoms in total. The second-order valence-electron chi connectivity index (χ2n) is 10.8. The molecule has 4 N–H and O–H groups in total. The normalized spacial score (nSPS) is 29.1. The maximum Gasteiger partial charge on any atom is 0.315 e. The van der Waals surface area contributed by atoms with Gasteiger partial charge < -0.3 is 21.3 Å². The van der Waals surface area contributed by atoms with Gasteiger partial charge in [-0.15, -0.1) is 0 Å². The molecule has 4 fully saturated rings. The van der Waals surface area contributed by atoms with Gasteiger partial charge in [0.2, 0.25) is 23.6 Å². The van der Waals surface area contributed by atoms with Crippen molar-refractivity contribution in [1.82, 2.24) is 26.2 Å². The van der Waals surface area contributed by atoms with Crippen molar-refractivity contribution in [3.63, 3.8) is 0 Å². The smallest absolute Gasteiger partial charge is 0.315 e. The highest BCUT2D eigenvalue weighted by molar-refractivity contribution is 8.00. The average molecular weight is 536 g/mol. The van der Waals surface area contributed by atoms with Gasteiger partial charge in [0, 0.05) is 55.8 Å². The summed E-state index contributed by atoms with van der Waals surface area (Å²) >= 11 is 1.90. The van der Waals surface area contributed by atoms with Crippen molar-refractivity contribution < 1.29 is 24.0 Å². The van der Waals surface area contributed by atoms with Crippen molar-refractivity contribution in [2.45, 2.75) is 94.4 Å². The summed E-state index contributed by atoms with van der Waals surface area (Å²) in [6, 6.07) is 0.408. The summed E-state index contributed by atoms with van der Waals surface area (Å²) in [4.78, 5) is 61.0. The summed E-state index contributed by atoms with van der Waals surface area (Å²) in [5.74, 6) is 1.33. The van der Waals surface area contributed by atoms with Gasteiger partial charge in [-0.3, -0.25) is 24.1 Å². The molecule has 6 amide bonds. The number of carbonyl (C=O) groups excluding carboxylic acids is 5. The van der Waals surface area contributed by atoms with Gasteiger partial charge in [-0.25, -0.2) is 4.79 Å².